The minimum absolute atomic E-state index is 0.00138. The van der Waals surface area contributed by atoms with E-state index in [0.717, 1.165) is 19.3 Å². The van der Waals surface area contributed by atoms with Crippen LogP contribution in [0.1, 0.15) is 47.0 Å². The fourth-order valence-corrected chi connectivity index (χ4v) is 1.39. The van der Waals surface area contributed by atoms with Crippen LogP contribution in [0.5, 0.6) is 0 Å². The molecule has 0 aliphatic carbocycles. The van der Waals surface area contributed by atoms with Gasteiger partial charge in [-0.05, 0) is 39.0 Å². The summed E-state index contributed by atoms with van der Waals surface area (Å²) in [5.74, 6) is 0.584. The minimum Gasteiger partial charge on any atom is -0.379 e. The van der Waals surface area contributed by atoms with Crippen molar-refractivity contribution in [1.29, 1.82) is 0 Å². The van der Waals surface area contributed by atoms with Crippen molar-refractivity contribution >= 4 is 11.6 Å². The van der Waals surface area contributed by atoms with Gasteiger partial charge in [-0.1, -0.05) is 13.8 Å². The Labute approximate surface area is 87.8 Å². The van der Waals surface area contributed by atoms with Crippen LogP contribution in [0.2, 0.25) is 0 Å². The molecule has 0 saturated carbocycles. The Balaban J connectivity index is 3.75. The number of hydrogen-bond acceptors (Lipinski definition) is 1. The van der Waals surface area contributed by atoms with Crippen LogP contribution < -0.4 is 0 Å². The number of halogens is 1. The molecule has 0 radical (unpaired) electrons. The van der Waals surface area contributed by atoms with Gasteiger partial charge in [-0.2, -0.15) is 0 Å². The summed E-state index contributed by atoms with van der Waals surface area (Å²) in [6, 6.07) is 0. The van der Waals surface area contributed by atoms with Crippen LogP contribution in [-0.2, 0) is 4.74 Å². The number of methoxy groups -OCH3 is 1. The normalized spacial score (nSPS) is 17.1. The first-order chi connectivity index (χ1) is 5.93. The molecule has 0 N–H and O–H groups in total. The molecule has 0 heterocycles. The first-order valence-electron chi connectivity index (χ1n) is 5.12. The van der Waals surface area contributed by atoms with Gasteiger partial charge in [-0.3, -0.25) is 0 Å². The number of ether oxygens (including phenoxy) is 1. The summed E-state index contributed by atoms with van der Waals surface area (Å²) in [5.41, 5.74) is -0.00138. The van der Waals surface area contributed by atoms with Gasteiger partial charge in [0.1, 0.15) is 0 Å². The lowest BCUT2D eigenvalue weighted by atomic mass is 9.93. The quantitative estimate of drug-likeness (QED) is 0.600. The summed E-state index contributed by atoms with van der Waals surface area (Å²) < 4.78 is 5.36. The lowest BCUT2D eigenvalue weighted by Gasteiger charge is -2.25. The molecule has 0 aliphatic heterocycles. The molecule has 80 valence electrons. The van der Waals surface area contributed by atoms with E-state index >= 15 is 0 Å². The predicted octanol–water partition coefficient (Wildman–Crippen LogP) is 3.85. The Hall–Kier alpha value is 0.250. The third-order valence-corrected chi connectivity index (χ3v) is 3.50. The summed E-state index contributed by atoms with van der Waals surface area (Å²) in [4.78, 5) is 0. The molecule has 0 aromatic heterocycles. The molecular formula is C11H23ClO. The van der Waals surface area contributed by atoms with Gasteiger partial charge in [0.05, 0.1) is 5.60 Å². The van der Waals surface area contributed by atoms with E-state index in [9.17, 15) is 0 Å². The van der Waals surface area contributed by atoms with E-state index < -0.39 is 0 Å². The highest BCUT2D eigenvalue weighted by Crippen LogP contribution is 2.24. The van der Waals surface area contributed by atoms with E-state index in [1.54, 1.807) is 7.11 Å². The Morgan fingerprint density at radius 3 is 2.31 bits per heavy atom. The summed E-state index contributed by atoms with van der Waals surface area (Å²) >= 11 is 6.15. The van der Waals surface area contributed by atoms with Gasteiger partial charge in [0.25, 0.3) is 0 Å². The van der Waals surface area contributed by atoms with Crippen LogP contribution in [0.3, 0.4) is 0 Å². The Kier molecular flexibility index (Phi) is 5.98. The standard InChI is InChI=1S/C11H23ClO/c1-6-10(12)9(2)7-8-11(3,4)13-5/h9-10H,6-8H2,1-5H3. The molecule has 0 amide bonds. The predicted molar refractivity (Wildman–Crippen MR) is 59.4 cm³/mol. The van der Waals surface area contributed by atoms with Crippen LogP contribution in [0.15, 0.2) is 0 Å². The minimum atomic E-state index is -0.00138. The van der Waals surface area contributed by atoms with Crippen LogP contribution in [-0.4, -0.2) is 18.1 Å². The molecule has 2 heteroatoms. The smallest absolute Gasteiger partial charge is 0.0622 e. The number of rotatable bonds is 6. The monoisotopic (exact) mass is 206 g/mol. The molecule has 13 heavy (non-hydrogen) atoms. The lowest BCUT2D eigenvalue weighted by molar-refractivity contribution is 0.0107. The topological polar surface area (TPSA) is 9.23 Å². The second kappa shape index (κ2) is 5.87. The Bertz CT molecular complexity index is 134. The van der Waals surface area contributed by atoms with E-state index in [1.807, 2.05) is 0 Å². The number of alkyl halides is 1. The first kappa shape index (κ1) is 13.2. The van der Waals surface area contributed by atoms with E-state index in [1.165, 1.54) is 0 Å². The zero-order valence-corrected chi connectivity index (χ0v) is 10.3. The Morgan fingerprint density at radius 2 is 1.92 bits per heavy atom. The molecule has 0 fully saturated rings. The second-order valence-electron chi connectivity index (χ2n) is 4.40. The van der Waals surface area contributed by atoms with Gasteiger partial charge in [-0.25, -0.2) is 0 Å². The molecule has 0 aromatic carbocycles. The van der Waals surface area contributed by atoms with E-state index in [2.05, 4.69) is 27.7 Å². The highest BCUT2D eigenvalue weighted by molar-refractivity contribution is 6.20. The number of hydrogen-bond donors (Lipinski definition) is 0. The van der Waals surface area contributed by atoms with Gasteiger partial charge < -0.3 is 4.74 Å². The zero-order chi connectivity index (χ0) is 10.5. The third kappa shape index (κ3) is 5.53. The van der Waals surface area contributed by atoms with Crippen molar-refractivity contribution in [2.24, 2.45) is 5.92 Å². The fraction of sp³-hybridized carbons (Fsp3) is 1.00. The Morgan fingerprint density at radius 1 is 1.38 bits per heavy atom. The van der Waals surface area contributed by atoms with Crippen molar-refractivity contribution < 1.29 is 4.74 Å². The maximum Gasteiger partial charge on any atom is 0.0622 e. The summed E-state index contributed by atoms with van der Waals surface area (Å²) in [5, 5.41) is 0.313. The molecule has 1 nitrogen and oxygen atoms in total. The van der Waals surface area contributed by atoms with E-state index in [-0.39, 0.29) is 5.60 Å². The van der Waals surface area contributed by atoms with Crippen molar-refractivity contribution in [1.82, 2.24) is 0 Å². The van der Waals surface area contributed by atoms with Crippen molar-refractivity contribution in [2.75, 3.05) is 7.11 Å². The van der Waals surface area contributed by atoms with Crippen LogP contribution >= 0.6 is 11.6 Å². The highest BCUT2D eigenvalue weighted by Gasteiger charge is 2.20. The van der Waals surface area contributed by atoms with Gasteiger partial charge in [0.2, 0.25) is 0 Å². The molecule has 0 aliphatic rings. The highest BCUT2D eigenvalue weighted by atomic mass is 35.5. The van der Waals surface area contributed by atoms with Gasteiger partial charge in [0.15, 0.2) is 0 Å². The second-order valence-corrected chi connectivity index (χ2v) is 4.96. The maximum absolute atomic E-state index is 6.15. The van der Waals surface area contributed by atoms with Gasteiger partial charge in [0, 0.05) is 12.5 Å². The van der Waals surface area contributed by atoms with Crippen molar-refractivity contribution in [3.63, 3.8) is 0 Å². The molecule has 0 bridgehead atoms. The fourth-order valence-electron chi connectivity index (χ4n) is 1.26. The molecule has 0 aromatic rings. The van der Waals surface area contributed by atoms with E-state index in [0.29, 0.717) is 11.3 Å². The molecular weight excluding hydrogens is 184 g/mol. The molecule has 0 rings (SSSR count). The molecule has 0 saturated heterocycles. The van der Waals surface area contributed by atoms with E-state index in [4.69, 9.17) is 16.3 Å². The average molecular weight is 207 g/mol. The molecule has 2 unspecified atom stereocenters. The SMILES string of the molecule is CCC(Cl)C(C)CCC(C)(C)OC. The van der Waals surface area contributed by atoms with Crippen molar-refractivity contribution in [3.8, 4) is 0 Å². The maximum atomic E-state index is 6.15. The largest absolute Gasteiger partial charge is 0.379 e. The van der Waals surface area contributed by atoms with Crippen molar-refractivity contribution in [3.05, 3.63) is 0 Å². The summed E-state index contributed by atoms with van der Waals surface area (Å²) in [6.07, 6.45) is 3.27. The summed E-state index contributed by atoms with van der Waals surface area (Å²) in [7, 11) is 1.77. The van der Waals surface area contributed by atoms with Gasteiger partial charge >= 0.3 is 0 Å². The summed E-state index contributed by atoms with van der Waals surface area (Å²) in [6.45, 7) is 8.59. The van der Waals surface area contributed by atoms with Crippen LogP contribution in [0, 0.1) is 5.92 Å². The molecule has 2 atom stereocenters. The van der Waals surface area contributed by atoms with Crippen LogP contribution in [0.25, 0.3) is 0 Å². The zero-order valence-electron chi connectivity index (χ0n) is 9.56. The van der Waals surface area contributed by atoms with Gasteiger partial charge in [-0.15, -0.1) is 11.6 Å². The molecule has 0 spiro atoms. The lowest BCUT2D eigenvalue weighted by Crippen LogP contribution is -2.24. The van der Waals surface area contributed by atoms with Crippen LogP contribution in [0.4, 0.5) is 0 Å². The van der Waals surface area contributed by atoms with Crippen molar-refractivity contribution in [2.45, 2.75) is 57.9 Å². The average Bonchev–Trinajstić information content (AvgIpc) is 2.13. The third-order valence-electron chi connectivity index (χ3n) is 2.76. The first-order valence-corrected chi connectivity index (χ1v) is 5.55.